The topological polar surface area (TPSA) is 21.3 Å². The molecule has 1 fully saturated rings. The number of hydrogen-bond acceptors (Lipinski definition) is 2. The lowest BCUT2D eigenvalue weighted by molar-refractivity contribution is 0.357. The molecule has 1 heterocycles. The average Bonchev–Trinajstić information content (AvgIpc) is 2.93. The molecule has 18 heavy (non-hydrogen) atoms. The van der Waals surface area contributed by atoms with Gasteiger partial charge in [-0.25, -0.2) is 0 Å². The highest BCUT2D eigenvalue weighted by Gasteiger charge is 2.38. The largest absolute Gasteiger partial charge is 0.493 e. The summed E-state index contributed by atoms with van der Waals surface area (Å²) in [7, 11) is 2.10. The molecule has 0 aromatic heterocycles. The molecule has 3 atom stereocenters. The van der Waals surface area contributed by atoms with Crippen LogP contribution >= 0.6 is 0 Å². The fourth-order valence-electron chi connectivity index (χ4n) is 3.20. The molecule has 1 aromatic rings. The fourth-order valence-corrected chi connectivity index (χ4v) is 3.20. The van der Waals surface area contributed by atoms with Crippen LogP contribution in [0.15, 0.2) is 18.2 Å². The SMILES string of the molecule is CNC(CCc1ccc2c(c1)CCO2)C1CC1C. The Morgan fingerprint density at radius 2 is 2.28 bits per heavy atom. The van der Waals surface area contributed by atoms with Crippen molar-refractivity contribution in [2.45, 2.75) is 38.6 Å². The van der Waals surface area contributed by atoms with Crippen LogP contribution in [0.2, 0.25) is 0 Å². The molecule has 1 aliphatic heterocycles. The number of ether oxygens (including phenoxy) is 1. The van der Waals surface area contributed by atoms with Gasteiger partial charge in [-0.15, -0.1) is 0 Å². The van der Waals surface area contributed by atoms with Crippen molar-refractivity contribution in [3.63, 3.8) is 0 Å². The zero-order valence-electron chi connectivity index (χ0n) is 11.4. The van der Waals surface area contributed by atoms with E-state index in [1.165, 1.54) is 30.4 Å². The van der Waals surface area contributed by atoms with Crippen molar-refractivity contribution in [3.8, 4) is 5.75 Å². The average molecular weight is 245 g/mol. The van der Waals surface area contributed by atoms with E-state index in [1.807, 2.05) is 0 Å². The van der Waals surface area contributed by atoms with Crippen molar-refractivity contribution >= 4 is 0 Å². The van der Waals surface area contributed by atoms with Crippen LogP contribution in [0.25, 0.3) is 0 Å². The van der Waals surface area contributed by atoms with Crippen LogP contribution in [0.3, 0.4) is 0 Å². The van der Waals surface area contributed by atoms with E-state index in [-0.39, 0.29) is 0 Å². The molecule has 0 saturated heterocycles. The molecule has 0 spiro atoms. The van der Waals surface area contributed by atoms with Gasteiger partial charge in [-0.05, 0) is 55.3 Å². The third-order valence-electron chi connectivity index (χ3n) is 4.56. The maximum Gasteiger partial charge on any atom is 0.122 e. The van der Waals surface area contributed by atoms with Crippen LogP contribution in [0, 0.1) is 11.8 Å². The van der Waals surface area contributed by atoms with Gasteiger partial charge in [0, 0.05) is 12.5 Å². The van der Waals surface area contributed by atoms with E-state index in [9.17, 15) is 0 Å². The Bertz CT molecular complexity index is 429. The lowest BCUT2D eigenvalue weighted by atomic mass is 9.99. The summed E-state index contributed by atoms with van der Waals surface area (Å²) in [6, 6.07) is 7.41. The van der Waals surface area contributed by atoms with Gasteiger partial charge in [-0.1, -0.05) is 19.1 Å². The van der Waals surface area contributed by atoms with Gasteiger partial charge in [0.25, 0.3) is 0 Å². The van der Waals surface area contributed by atoms with Gasteiger partial charge in [0.1, 0.15) is 5.75 Å². The van der Waals surface area contributed by atoms with E-state index in [0.29, 0.717) is 6.04 Å². The maximum atomic E-state index is 5.55. The molecule has 1 aromatic carbocycles. The number of aryl methyl sites for hydroxylation is 1. The molecule has 0 bridgehead atoms. The molecule has 0 amide bonds. The molecule has 2 heteroatoms. The number of nitrogens with one attached hydrogen (secondary N) is 1. The number of benzene rings is 1. The van der Waals surface area contributed by atoms with Crippen molar-refractivity contribution in [1.29, 1.82) is 0 Å². The third-order valence-corrected chi connectivity index (χ3v) is 4.56. The Hall–Kier alpha value is -1.02. The smallest absolute Gasteiger partial charge is 0.122 e. The van der Waals surface area contributed by atoms with Crippen LogP contribution in [0.5, 0.6) is 5.75 Å². The molecule has 0 radical (unpaired) electrons. The van der Waals surface area contributed by atoms with Crippen LogP contribution in [0.1, 0.15) is 30.9 Å². The third kappa shape index (κ3) is 2.39. The Labute approximate surface area is 110 Å². The normalized spacial score (nSPS) is 26.6. The van der Waals surface area contributed by atoms with Crippen molar-refractivity contribution in [2.24, 2.45) is 11.8 Å². The maximum absolute atomic E-state index is 5.55. The Kier molecular flexibility index (Phi) is 3.29. The van der Waals surface area contributed by atoms with Crippen LogP contribution in [-0.4, -0.2) is 19.7 Å². The van der Waals surface area contributed by atoms with Crippen molar-refractivity contribution < 1.29 is 4.74 Å². The van der Waals surface area contributed by atoms with Crippen LogP contribution in [0.4, 0.5) is 0 Å². The molecule has 1 N–H and O–H groups in total. The first kappa shape index (κ1) is 12.0. The Morgan fingerprint density at radius 1 is 1.44 bits per heavy atom. The van der Waals surface area contributed by atoms with Gasteiger partial charge in [-0.2, -0.15) is 0 Å². The van der Waals surface area contributed by atoms with Crippen LogP contribution < -0.4 is 10.1 Å². The molecule has 3 rings (SSSR count). The summed E-state index contributed by atoms with van der Waals surface area (Å²) < 4.78 is 5.55. The minimum absolute atomic E-state index is 0.699. The lowest BCUT2D eigenvalue weighted by Crippen LogP contribution is -2.28. The lowest BCUT2D eigenvalue weighted by Gasteiger charge is -2.16. The van der Waals surface area contributed by atoms with Gasteiger partial charge >= 0.3 is 0 Å². The first-order chi connectivity index (χ1) is 8.78. The highest BCUT2D eigenvalue weighted by Crippen LogP contribution is 2.41. The molecule has 3 unspecified atom stereocenters. The van der Waals surface area contributed by atoms with Crippen molar-refractivity contribution in [3.05, 3.63) is 29.3 Å². The number of rotatable bonds is 5. The quantitative estimate of drug-likeness (QED) is 0.861. The summed E-state index contributed by atoms with van der Waals surface area (Å²) in [5.74, 6) is 2.93. The minimum Gasteiger partial charge on any atom is -0.493 e. The zero-order valence-corrected chi connectivity index (χ0v) is 11.4. The second-order valence-electron chi connectivity index (χ2n) is 5.85. The summed E-state index contributed by atoms with van der Waals surface area (Å²) in [6.45, 7) is 3.22. The molecule has 2 nitrogen and oxygen atoms in total. The zero-order chi connectivity index (χ0) is 12.5. The highest BCUT2D eigenvalue weighted by molar-refractivity contribution is 5.39. The summed E-state index contributed by atoms with van der Waals surface area (Å²) >= 11 is 0. The van der Waals surface area contributed by atoms with Gasteiger partial charge < -0.3 is 10.1 Å². The van der Waals surface area contributed by atoms with Gasteiger partial charge in [0.15, 0.2) is 0 Å². The highest BCUT2D eigenvalue weighted by atomic mass is 16.5. The second-order valence-corrected chi connectivity index (χ2v) is 5.85. The van der Waals surface area contributed by atoms with Crippen molar-refractivity contribution in [2.75, 3.05) is 13.7 Å². The van der Waals surface area contributed by atoms with Gasteiger partial charge in [0.05, 0.1) is 6.61 Å². The minimum atomic E-state index is 0.699. The molecule has 1 aliphatic carbocycles. The predicted octanol–water partition coefficient (Wildman–Crippen LogP) is 2.80. The monoisotopic (exact) mass is 245 g/mol. The molecular formula is C16H23NO. The first-order valence-corrected chi connectivity index (χ1v) is 7.20. The Morgan fingerprint density at radius 3 is 3.00 bits per heavy atom. The molecular weight excluding hydrogens is 222 g/mol. The number of hydrogen-bond donors (Lipinski definition) is 1. The molecule has 2 aliphatic rings. The van der Waals surface area contributed by atoms with E-state index in [2.05, 4.69) is 37.5 Å². The Balaban J connectivity index is 1.59. The standard InChI is InChI=1S/C16H23NO/c1-11-9-14(11)15(17-2)5-3-12-4-6-16-13(10-12)7-8-18-16/h4,6,10-11,14-15,17H,3,5,7-9H2,1-2H3. The van der Waals surface area contributed by atoms with E-state index in [0.717, 1.165) is 30.6 Å². The van der Waals surface area contributed by atoms with E-state index in [4.69, 9.17) is 4.74 Å². The van der Waals surface area contributed by atoms with Crippen LogP contribution in [-0.2, 0) is 12.8 Å². The summed E-state index contributed by atoms with van der Waals surface area (Å²) in [6.07, 6.45) is 4.93. The van der Waals surface area contributed by atoms with E-state index in [1.54, 1.807) is 0 Å². The molecule has 1 saturated carbocycles. The van der Waals surface area contributed by atoms with Gasteiger partial charge in [0.2, 0.25) is 0 Å². The van der Waals surface area contributed by atoms with E-state index >= 15 is 0 Å². The summed E-state index contributed by atoms with van der Waals surface area (Å²) in [4.78, 5) is 0. The first-order valence-electron chi connectivity index (χ1n) is 7.20. The van der Waals surface area contributed by atoms with Crippen molar-refractivity contribution in [1.82, 2.24) is 5.32 Å². The van der Waals surface area contributed by atoms with Gasteiger partial charge in [-0.3, -0.25) is 0 Å². The summed E-state index contributed by atoms with van der Waals surface area (Å²) in [5, 5.41) is 3.49. The fraction of sp³-hybridized carbons (Fsp3) is 0.625. The number of fused-ring (bicyclic) bond motifs is 1. The second kappa shape index (κ2) is 4.93. The molecule has 98 valence electrons. The summed E-state index contributed by atoms with van der Waals surface area (Å²) in [5.41, 5.74) is 2.86. The van der Waals surface area contributed by atoms with E-state index < -0.39 is 0 Å². The predicted molar refractivity (Wildman–Crippen MR) is 74.1 cm³/mol.